The SMILES string of the molecule is CC.CCCc1ccc2ncc3[nH]c(Cc4cc(C)ncn4)nc3c2c1.C[C@@H]1CCCCO1. The summed E-state index contributed by atoms with van der Waals surface area (Å²) in [5.41, 5.74) is 6.20. The number of rotatable bonds is 4. The molecule has 0 bridgehead atoms. The molecular formula is C27H37N5O. The van der Waals surface area contributed by atoms with Crippen LogP contribution in [0.3, 0.4) is 0 Å². The highest BCUT2D eigenvalue weighted by Crippen LogP contribution is 2.24. The van der Waals surface area contributed by atoms with Crippen molar-refractivity contribution in [2.45, 2.75) is 79.2 Å². The summed E-state index contributed by atoms with van der Waals surface area (Å²) in [6, 6.07) is 8.44. The van der Waals surface area contributed by atoms with E-state index < -0.39 is 0 Å². The fraction of sp³-hybridized carbons (Fsp3) is 0.481. The van der Waals surface area contributed by atoms with Crippen LogP contribution in [0.2, 0.25) is 0 Å². The van der Waals surface area contributed by atoms with Gasteiger partial charge in [0.05, 0.1) is 34.5 Å². The van der Waals surface area contributed by atoms with Crippen molar-refractivity contribution in [1.29, 1.82) is 0 Å². The standard InChI is InChI=1S/C19H19N5.C6H12O.C2H6/c1-3-4-13-5-6-16-15(8-13)19-17(10-20-16)23-18(24-19)9-14-7-12(2)21-11-22-14;1-6-4-2-3-5-7-6;1-2/h5-8,10-11H,3-4,9H2,1-2H3,(H,23,24);6H,2-5H2,1H3;1-2H3/t;6-;/m.1./s1. The third-order valence-corrected chi connectivity index (χ3v) is 5.58. The van der Waals surface area contributed by atoms with Gasteiger partial charge >= 0.3 is 0 Å². The van der Waals surface area contributed by atoms with Crippen molar-refractivity contribution in [3.8, 4) is 0 Å². The molecule has 4 heterocycles. The molecule has 0 unspecified atom stereocenters. The lowest BCUT2D eigenvalue weighted by Crippen LogP contribution is -2.14. The summed E-state index contributed by atoms with van der Waals surface area (Å²) in [4.78, 5) is 21.2. The molecule has 6 nitrogen and oxygen atoms in total. The Bertz CT molecular complexity index is 1150. The number of hydrogen-bond donors (Lipinski definition) is 1. The number of imidazole rings is 1. The molecule has 0 amide bonds. The van der Waals surface area contributed by atoms with E-state index in [1.807, 2.05) is 33.0 Å². The van der Waals surface area contributed by atoms with Crippen LogP contribution in [0.15, 0.2) is 36.8 Å². The Morgan fingerprint density at radius 1 is 1.09 bits per heavy atom. The van der Waals surface area contributed by atoms with E-state index in [2.05, 4.69) is 52.0 Å². The number of H-pyrrole nitrogens is 1. The minimum absolute atomic E-state index is 0.536. The van der Waals surface area contributed by atoms with E-state index in [0.29, 0.717) is 12.5 Å². The van der Waals surface area contributed by atoms with E-state index in [4.69, 9.17) is 9.72 Å². The Balaban J connectivity index is 0.000000289. The molecule has 5 rings (SSSR count). The van der Waals surface area contributed by atoms with Crippen LogP contribution in [-0.4, -0.2) is 37.6 Å². The van der Waals surface area contributed by atoms with Gasteiger partial charge in [-0.15, -0.1) is 0 Å². The largest absolute Gasteiger partial charge is 0.379 e. The third kappa shape index (κ3) is 6.81. The quantitative estimate of drug-likeness (QED) is 0.394. The van der Waals surface area contributed by atoms with Crippen molar-refractivity contribution in [3.63, 3.8) is 0 Å². The average Bonchev–Trinajstić information content (AvgIpc) is 3.25. The Labute approximate surface area is 197 Å². The minimum atomic E-state index is 0.536. The summed E-state index contributed by atoms with van der Waals surface area (Å²) in [6.07, 6.45) is 10.8. The normalized spacial score (nSPS) is 15.5. The van der Waals surface area contributed by atoms with Crippen LogP contribution in [0.4, 0.5) is 0 Å². The van der Waals surface area contributed by atoms with Crippen molar-refractivity contribution < 1.29 is 4.74 Å². The summed E-state index contributed by atoms with van der Waals surface area (Å²) in [6.45, 7) is 11.3. The second-order valence-corrected chi connectivity index (χ2v) is 8.31. The number of aromatic nitrogens is 5. The van der Waals surface area contributed by atoms with Crippen molar-refractivity contribution in [2.75, 3.05) is 6.61 Å². The fourth-order valence-corrected chi connectivity index (χ4v) is 3.96. The molecule has 1 N–H and O–H groups in total. The van der Waals surface area contributed by atoms with Gasteiger partial charge in [-0.2, -0.15) is 0 Å². The number of ether oxygens (including phenoxy) is 1. The van der Waals surface area contributed by atoms with Gasteiger partial charge in [-0.25, -0.2) is 15.0 Å². The first-order valence-electron chi connectivity index (χ1n) is 12.3. The fourth-order valence-electron chi connectivity index (χ4n) is 3.96. The van der Waals surface area contributed by atoms with Crippen LogP contribution in [0, 0.1) is 6.92 Å². The first-order chi connectivity index (χ1) is 16.1. The summed E-state index contributed by atoms with van der Waals surface area (Å²) < 4.78 is 5.28. The molecule has 0 aliphatic carbocycles. The number of aryl methyl sites for hydroxylation is 2. The third-order valence-electron chi connectivity index (χ3n) is 5.58. The van der Waals surface area contributed by atoms with Gasteiger partial charge in [-0.1, -0.05) is 33.3 Å². The lowest BCUT2D eigenvalue weighted by molar-refractivity contribution is 0.0285. The van der Waals surface area contributed by atoms with Crippen molar-refractivity contribution in [2.24, 2.45) is 0 Å². The van der Waals surface area contributed by atoms with Gasteiger partial charge in [0, 0.05) is 24.1 Å². The van der Waals surface area contributed by atoms with Gasteiger partial charge < -0.3 is 9.72 Å². The second kappa shape index (κ2) is 12.4. The van der Waals surface area contributed by atoms with Gasteiger partial charge in [-0.3, -0.25) is 4.98 Å². The minimum Gasteiger partial charge on any atom is -0.379 e. The Morgan fingerprint density at radius 3 is 2.61 bits per heavy atom. The van der Waals surface area contributed by atoms with E-state index in [1.54, 1.807) is 6.33 Å². The lowest BCUT2D eigenvalue weighted by atomic mass is 10.1. The maximum Gasteiger partial charge on any atom is 0.115 e. The number of fused-ring (bicyclic) bond motifs is 3. The van der Waals surface area contributed by atoms with Crippen LogP contribution in [0.25, 0.3) is 21.9 Å². The Kier molecular flexibility index (Phi) is 9.31. The molecule has 3 aromatic heterocycles. The van der Waals surface area contributed by atoms with Gasteiger partial charge in [0.1, 0.15) is 12.2 Å². The highest BCUT2D eigenvalue weighted by atomic mass is 16.5. The second-order valence-electron chi connectivity index (χ2n) is 8.31. The molecule has 6 heteroatoms. The zero-order valence-corrected chi connectivity index (χ0v) is 20.7. The number of benzene rings is 1. The van der Waals surface area contributed by atoms with Gasteiger partial charge in [0.25, 0.3) is 0 Å². The molecule has 0 radical (unpaired) electrons. The highest BCUT2D eigenvalue weighted by Gasteiger charge is 2.10. The lowest BCUT2D eigenvalue weighted by Gasteiger charge is -2.17. The predicted molar refractivity (Wildman–Crippen MR) is 136 cm³/mol. The molecule has 4 aromatic rings. The number of nitrogens with zero attached hydrogens (tertiary/aromatic N) is 4. The van der Waals surface area contributed by atoms with Gasteiger partial charge in [0.15, 0.2) is 0 Å². The first-order valence-corrected chi connectivity index (χ1v) is 12.3. The predicted octanol–water partition coefficient (Wildman–Crippen LogP) is 6.35. The van der Waals surface area contributed by atoms with Gasteiger partial charge in [0.2, 0.25) is 0 Å². The van der Waals surface area contributed by atoms with E-state index >= 15 is 0 Å². The number of aromatic amines is 1. The van der Waals surface area contributed by atoms with E-state index in [1.165, 1.54) is 24.8 Å². The maximum absolute atomic E-state index is 5.28. The molecule has 176 valence electrons. The summed E-state index contributed by atoms with van der Waals surface area (Å²) in [5.74, 6) is 0.901. The summed E-state index contributed by atoms with van der Waals surface area (Å²) in [7, 11) is 0. The first kappa shape index (κ1) is 24.8. The van der Waals surface area contributed by atoms with Crippen molar-refractivity contribution >= 4 is 21.9 Å². The Morgan fingerprint density at radius 2 is 1.94 bits per heavy atom. The summed E-state index contributed by atoms with van der Waals surface area (Å²) in [5, 5.41) is 1.11. The topological polar surface area (TPSA) is 76.6 Å². The molecule has 33 heavy (non-hydrogen) atoms. The maximum atomic E-state index is 5.28. The van der Waals surface area contributed by atoms with Gasteiger partial charge in [-0.05, 0) is 63.3 Å². The molecule has 1 fully saturated rings. The van der Waals surface area contributed by atoms with Crippen molar-refractivity contribution in [3.05, 3.63) is 59.6 Å². The molecule has 0 saturated carbocycles. The van der Waals surface area contributed by atoms with Crippen molar-refractivity contribution in [1.82, 2.24) is 24.9 Å². The zero-order chi connectivity index (χ0) is 23.6. The average molecular weight is 448 g/mol. The molecule has 1 atom stereocenters. The number of nitrogens with one attached hydrogen (secondary N) is 1. The van der Waals surface area contributed by atoms with E-state index in [9.17, 15) is 0 Å². The smallest absolute Gasteiger partial charge is 0.115 e. The molecule has 1 saturated heterocycles. The van der Waals surface area contributed by atoms with Crippen LogP contribution in [0.1, 0.15) is 76.2 Å². The van der Waals surface area contributed by atoms with E-state index in [-0.39, 0.29) is 0 Å². The van der Waals surface area contributed by atoms with Crippen LogP contribution >= 0.6 is 0 Å². The number of pyridine rings is 1. The Hall–Kier alpha value is -2.86. The highest BCUT2D eigenvalue weighted by molar-refractivity contribution is 6.02. The van der Waals surface area contributed by atoms with E-state index in [0.717, 1.165) is 58.6 Å². The zero-order valence-electron chi connectivity index (χ0n) is 20.7. The number of hydrogen-bond acceptors (Lipinski definition) is 5. The summed E-state index contributed by atoms with van der Waals surface area (Å²) >= 11 is 0. The molecule has 0 spiro atoms. The van der Waals surface area contributed by atoms with Crippen LogP contribution < -0.4 is 0 Å². The molecular weight excluding hydrogens is 410 g/mol. The van der Waals surface area contributed by atoms with Crippen LogP contribution in [0.5, 0.6) is 0 Å². The molecule has 1 aromatic carbocycles. The monoisotopic (exact) mass is 447 g/mol. The van der Waals surface area contributed by atoms with Crippen LogP contribution in [-0.2, 0) is 17.6 Å². The molecule has 1 aliphatic rings. The molecule has 1 aliphatic heterocycles.